The standard InChI is InChI=1S/C15H22O4/c1-6-10-11(9-15(2,3)14(16)17)13(19-5)8-7-12(10)18-4/h7-8H,6,9H2,1-5H3,(H,16,17). The van der Waals surface area contributed by atoms with Gasteiger partial charge in [0.05, 0.1) is 19.6 Å². The molecule has 0 aromatic heterocycles. The van der Waals surface area contributed by atoms with E-state index < -0.39 is 11.4 Å². The van der Waals surface area contributed by atoms with E-state index in [0.717, 1.165) is 23.3 Å². The van der Waals surface area contributed by atoms with Crippen LogP contribution in [0, 0.1) is 5.41 Å². The molecule has 1 aromatic rings. The summed E-state index contributed by atoms with van der Waals surface area (Å²) in [6, 6.07) is 3.68. The van der Waals surface area contributed by atoms with Gasteiger partial charge in [0.15, 0.2) is 0 Å². The highest BCUT2D eigenvalue weighted by Gasteiger charge is 2.30. The molecule has 4 heteroatoms. The van der Waals surface area contributed by atoms with Gasteiger partial charge in [0.25, 0.3) is 0 Å². The second-order valence-corrected chi connectivity index (χ2v) is 5.15. The van der Waals surface area contributed by atoms with Crippen LogP contribution in [0.2, 0.25) is 0 Å². The first kappa shape index (κ1) is 15.3. The molecule has 0 aliphatic carbocycles. The van der Waals surface area contributed by atoms with Crippen molar-refractivity contribution in [1.29, 1.82) is 0 Å². The van der Waals surface area contributed by atoms with E-state index in [0.29, 0.717) is 12.2 Å². The van der Waals surface area contributed by atoms with Crippen LogP contribution >= 0.6 is 0 Å². The Kier molecular flexibility index (Phi) is 4.81. The van der Waals surface area contributed by atoms with Crippen LogP contribution in [0.1, 0.15) is 31.9 Å². The van der Waals surface area contributed by atoms with Gasteiger partial charge in [-0.2, -0.15) is 0 Å². The summed E-state index contributed by atoms with van der Waals surface area (Å²) in [7, 11) is 3.21. The summed E-state index contributed by atoms with van der Waals surface area (Å²) in [6.07, 6.45) is 1.18. The molecule has 1 N–H and O–H groups in total. The van der Waals surface area contributed by atoms with Gasteiger partial charge in [-0.25, -0.2) is 0 Å². The molecule has 0 spiro atoms. The maximum absolute atomic E-state index is 11.3. The van der Waals surface area contributed by atoms with Gasteiger partial charge in [-0.3, -0.25) is 4.79 Å². The minimum Gasteiger partial charge on any atom is -0.496 e. The van der Waals surface area contributed by atoms with Gasteiger partial charge in [-0.05, 0) is 38.8 Å². The Bertz CT molecular complexity index is 463. The first-order valence-corrected chi connectivity index (χ1v) is 6.33. The summed E-state index contributed by atoms with van der Waals surface area (Å²) in [6.45, 7) is 5.45. The molecule has 106 valence electrons. The topological polar surface area (TPSA) is 55.8 Å². The maximum Gasteiger partial charge on any atom is 0.309 e. The Hall–Kier alpha value is -1.71. The molecule has 1 aromatic carbocycles. The number of methoxy groups -OCH3 is 2. The van der Waals surface area contributed by atoms with Crippen LogP contribution in [-0.2, 0) is 17.6 Å². The zero-order chi connectivity index (χ0) is 14.6. The summed E-state index contributed by atoms with van der Waals surface area (Å²) in [5, 5.41) is 9.28. The molecule has 0 radical (unpaired) electrons. The number of hydrogen-bond donors (Lipinski definition) is 1. The number of carboxylic acid groups (broad SMARTS) is 1. The van der Waals surface area contributed by atoms with Crippen molar-refractivity contribution in [1.82, 2.24) is 0 Å². The van der Waals surface area contributed by atoms with Crippen LogP contribution in [0.25, 0.3) is 0 Å². The van der Waals surface area contributed by atoms with Gasteiger partial charge in [0.2, 0.25) is 0 Å². The molecule has 0 heterocycles. The molecule has 0 fully saturated rings. The van der Waals surface area contributed by atoms with Gasteiger partial charge < -0.3 is 14.6 Å². The second-order valence-electron chi connectivity index (χ2n) is 5.15. The lowest BCUT2D eigenvalue weighted by Crippen LogP contribution is -2.27. The van der Waals surface area contributed by atoms with Crippen LogP contribution in [0.4, 0.5) is 0 Å². The summed E-state index contributed by atoms with van der Waals surface area (Å²) in [5.74, 6) is 0.672. The van der Waals surface area contributed by atoms with Gasteiger partial charge in [-0.15, -0.1) is 0 Å². The van der Waals surface area contributed by atoms with Crippen LogP contribution in [0.5, 0.6) is 11.5 Å². The number of rotatable bonds is 6. The quantitative estimate of drug-likeness (QED) is 0.860. The second kappa shape index (κ2) is 5.95. The highest BCUT2D eigenvalue weighted by molar-refractivity contribution is 5.74. The van der Waals surface area contributed by atoms with E-state index in [4.69, 9.17) is 9.47 Å². The third kappa shape index (κ3) is 3.19. The lowest BCUT2D eigenvalue weighted by atomic mass is 9.83. The molecule has 4 nitrogen and oxygen atoms in total. The predicted molar refractivity (Wildman–Crippen MR) is 74.0 cm³/mol. The first-order valence-electron chi connectivity index (χ1n) is 6.33. The highest BCUT2D eigenvalue weighted by atomic mass is 16.5. The minimum atomic E-state index is -0.844. The molecule has 0 aliphatic heterocycles. The molecule has 0 bridgehead atoms. The molecule has 0 aliphatic rings. The van der Waals surface area contributed by atoms with Crippen molar-refractivity contribution in [3.8, 4) is 11.5 Å². The van der Waals surface area contributed by atoms with Crippen molar-refractivity contribution in [2.24, 2.45) is 5.41 Å². The summed E-state index contributed by atoms with van der Waals surface area (Å²) in [4.78, 5) is 11.3. The molecule has 0 saturated carbocycles. The fourth-order valence-corrected chi connectivity index (χ4v) is 2.13. The normalized spacial score (nSPS) is 11.2. The van der Waals surface area contributed by atoms with Gasteiger partial charge in [-0.1, -0.05) is 6.92 Å². The Morgan fingerprint density at radius 1 is 1.16 bits per heavy atom. The first-order chi connectivity index (χ1) is 8.87. The third-order valence-electron chi connectivity index (χ3n) is 3.34. The molecule has 1 rings (SSSR count). The van der Waals surface area contributed by atoms with Crippen molar-refractivity contribution in [2.75, 3.05) is 14.2 Å². The van der Waals surface area contributed by atoms with Crippen molar-refractivity contribution in [3.05, 3.63) is 23.3 Å². The van der Waals surface area contributed by atoms with E-state index in [1.54, 1.807) is 28.1 Å². The summed E-state index contributed by atoms with van der Waals surface area (Å²) < 4.78 is 10.7. The SMILES string of the molecule is CCc1c(OC)ccc(OC)c1CC(C)(C)C(=O)O. The Morgan fingerprint density at radius 2 is 1.63 bits per heavy atom. The molecule has 19 heavy (non-hydrogen) atoms. The Morgan fingerprint density at radius 3 is 2.00 bits per heavy atom. The number of carboxylic acids is 1. The van der Waals surface area contributed by atoms with Gasteiger partial charge in [0, 0.05) is 11.1 Å². The zero-order valence-corrected chi connectivity index (χ0v) is 12.2. The van der Waals surface area contributed by atoms with Crippen LogP contribution in [0.3, 0.4) is 0 Å². The van der Waals surface area contributed by atoms with E-state index in [1.807, 2.05) is 19.1 Å². The Labute approximate surface area is 114 Å². The lowest BCUT2D eigenvalue weighted by Gasteiger charge is -2.23. The average molecular weight is 266 g/mol. The number of aliphatic carboxylic acids is 1. The molecule has 0 unspecified atom stereocenters. The summed E-state index contributed by atoms with van der Waals surface area (Å²) >= 11 is 0. The van der Waals surface area contributed by atoms with Gasteiger partial charge in [0.1, 0.15) is 11.5 Å². The third-order valence-corrected chi connectivity index (χ3v) is 3.34. The monoisotopic (exact) mass is 266 g/mol. The largest absolute Gasteiger partial charge is 0.496 e. The molecule has 0 amide bonds. The minimum absolute atomic E-state index is 0.409. The summed E-state index contributed by atoms with van der Waals surface area (Å²) in [5.41, 5.74) is 1.08. The average Bonchev–Trinajstić information content (AvgIpc) is 2.37. The fraction of sp³-hybridized carbons (Fsp3) is 0.533. The number of benzene rings is 1. The van der Waals surface area contributed by atoms with Gasteiger partial charge >= 0.3 is 5.97 Å². The van der Waals surface area contributed by atoms with E-state index in [2.05, 4.69) is 0 Å². The smallest absolute Gasteiger partial charge is 0.309 e. The Balaban J connectivity index is 3.34. The number of ether oxygens (including phenoxy) is 2. The van der Waals surface area contributed by atoms with E-state index in [9.17, 15) is 9.90 Å². The number of carbonyl (C=O) groups is 1. The van der Waals surface area contributed by atoms with Crippen molar-refractivity contribution in [2.45, 2.75) is 33.6 Å². The van der Waals surface area contributed by atoms with E-state index >= 15 is 0 Å². The highest BCUT2D eigenvalue weighted by Crippen LogP contribution is 2.35. The predicted octanol–water partition coefficient (Wildman–Crippen LogP) is 2.92. The fourth-order valence-electron chi connectivity index (χ4n) is 2.13. The molecule has 0 atom stereocenters. The van der Waals surface area contributed by atoms with Crippen LogP contribution in [0.15, 0.2) is 12.1 Å². The van der Waals surface area contributed by atoms with E-state index in [1.165, 1.54) is 0 Å². The van der Waals surface area contributed by atoms with Crippen molar-refractivity contribution in [3.63, 3.8) is 0 Å². The van der Waals surface area contributed by atoms with Crippen molar-refractivity contribution >= 4 is 5.97 Å². The molecule has 0 saturated heterocycles. The molecular weight excluding hydrogens is 244 g/mol. The zero-order valence-electron chi connectivity index (χ0n) is 12.2. The van der Waals surface area contributed by atoms with Crippen LogP contribution < -0.4 is 9.47 Å². The lowest BCUT2D eigenvalue weighted by molar-refractivity contribution is -0.146. The maximum atomic E-state index is 11.3. The van der Waals surface area contributed by atoms with Crippen LogP contribution in [-0.4, -0.2) is 25.3 Å². The van der Waals surface area contributed by atoms with Crippen molar-refractivity contribution < 1.29 is 19.4 Å². The van der Waals surface area contributed by atoms with E-state index in [-0.39, 0.29) is 0 Å². The molecular formula is C15H22O4. The number of hydrogen-bond acceptors (Lipinski definition) is 3.